The zero-order valence-electron chi connectivity index (χ0n) is 7.99. The molecule has 0 aromatic carbocycles. The van der Waals surface area contributed by atoms with Crippen LogP contribution in [0.25, 0.3) is 0 Å². The molecule has 3 nitrogen and oxygen atoms in total. The van der Waals surface area contributed by atoms with Crippen LogP contribution >= 0.6 is 11.6 Å². The molecule has 78 valence electrons. The molecule has 0 bridgehead atoms. The number of aliphatic hydroxyl groups is 2. The molecular weight excluding hydrogens is 190 g/mol. The van der Waals surface area contributed by atoms with Crippen LogP contribution in [0.5, 0.6) is 0 Å². The quantitative estimate of drug-likeness (QED) is 0.660. The van der Waals surface area contributed by atoms with Gasteiger partial charge in [-0.1, -0.05) is 0 Å². The number of rotatable bonds is 3. The van der Waals surface area contributed by atoms with E-state index in [0.29, 0.717) is 19.1 Å². The van der Waals surface area contributed by atoms with E-state index in [9.17, 15) is 10.2 Å². The topological polar surface area (TPSA) is 43.7 Å². The molecule has 1 heterocycles. The van der Waals surface area contributed by atoms with Gasteiger partial charge < -0.3 is 10.2 Å². The van der Waals surface area contributed by atoms with Crippen molar-refractivity contribution >= 4 is 11.6 Å². The zero-order valence-corrected chi connectivity index (χ0v) is 8.74. The first-order chi connectivity index (χ1) is 6.13. The highest BCUT2D eigenvalue weighted by Crippen LogP contribution is 2.17. The molecule has 0 aromatic rings. The molecule has 0 aromatic heterocycles. The van der Waals surface area contributed by atoms with Crippen LogP contribution in [0.4, 0.5) is 0 Å². The van der Waals surface area contributed by atoms with Crippen LogP contribution in [0.15, 0.2) is 0 Å². The Bertz CT molecular complexity index is 157. The molecular formula is C9H18ClNO2. The SMILES string of the molecule is CC1CCC(O)CN1CC(O)CCl. The summed E-state index contributed by atoms with van der Waals surface area (Å²) in [6.07, 6.45) is 1.15. The molecule has 1 rings (SSSR count). The Labute approximate surface area is 84.3 Å². The van der Waals surface area contributed by atoms with E-state index in [4.69, 9.17) is 11.6 Å². The van der Waals surface area contributed by atoms with Gasteiger partial charge in [-0.25, -0.2) is 0 Å². The van der Waals surface area contributed by atoms with Crippen molar-refractivity contribution in [1.82, 2.24) is 4.90 Å². The standard InChI is InChI=1S/C9H18ClNO2/c1-7-2-3-8(12)5-11(7)6-9(13)4-10/h7-9,12-13H,2-6H2,1H3. The van der Waals surface area contributed by atoms with E-state index < -0.39 is 6.10 Å². The first-order valence-corrected chi connectivity index (χ1v) is 5.33. The number of likely N-dealkylation sites (tertiary alicyclic amines) is 1. The van der Waals surface area contributed by atoms with Crippen LogP contribution in [-0.2, 0) is 0 Å². The maximum absolute atomic E-state index is 9.43. The Hall–Kier alpha value is 0.170. The van der Waals surface area contributed by atoms with Gasteiger partial charge in [0.2, 0.25) is 0 Å². The second-order valence-corrected chi connectivity index (χ2v) is 4.15. The van der Waals surface area contributed by atoms with E-state index in [2.05, 4.69) is 11.8 Å². The van der Waals surface area contributed by atoms with Crippen LogP contribution in [0, 0.1) is 0 Å². The highest BCUT2D eigenvalue weighted by molar-refractivity contribution is 6.18. The predicted octanol–water partition coefficient (Wildman–Crippen LogP) is 0.431. The summed E-state index contributed by atoms with van der Waals surface area (Å²) in [5.74, 6) is 0.263. The lowest BCUT2D eigenvalue weighted by atomic mass is 10.0. The zero-order chi connectivity index (χ0) is 9.84. The van der Waals surface area contributed by atoms with Gasteiger partial charge in [-0.15, -0.1) is 11.6 Å². The fraction of sp³-hybridized carbons (Fsp3) is 1.00. The Kier molecular flexibility index (Phi) is 4.46. The number of halogens is 1. The number of β-amino-alcohol motifs (C(OH)–C–C–N with tert-alkyl or cyclic N) is 2. The van der Waals surface area contributed by atoms with Crippen molar-refractivity contribution < 1.29 is 10.2 Å². The minimum Gasteiger partial charge on any atom is -0.392 e. The van der Waals surface area contributed by atoms with Gasteiger partial charge in [0.05, 0.1) is 12.2 Å². The van der Waals surface area contributed by atoms with Crippen LogP contribution in [0.2, 0.25) is 0 Å². The first-order valence-electron chi connectivity index (χ1n) is 4.79. The summed E-state index contributed by atoms with van der Waals surface area (Å²) in [5, 5.41) is 18.8. The Morgan fingerprint density at radius 3 is 2.85 bits per heavy atom. The molecule has 3 unspecified atom stereocenters. The summed E-state index contributed by atoms with van der Waals surface area (Å²) >= 11 is 5.52. The van der Waals surface area contributed by atoms with Crippen LogP contribution in [0.1, 0.15) is 19.8 Å². The van der Waals surface area contributed by atoms with E-state index in [0.717, 1.165) is 12.8 Å². The van der Waals surface area contributed by atoms with Crippen molar-refractivity contribution in [2.75, 3.05) is 19.0 Å². The lowest BCUT2D eigenvalue weighted by Crippen LogP contribution is -2.47. The van der Waals surface area contributed by atoms with Gasteiger partial charge in [0.1, 0.15) is 0 Å². The molecule has 2 N–H and O–H groups in total. The lowest BCUT2D eigenvalue weighted by molar-refractivity contribution is 0.0172. The molecule has 0 radical (unpaired) electrons. The van der Waals surface area contributed by atoms with Crippen LogP contribution in [0.3, 0.4) is 0 Å². The third-order valence-electron chi connectivity index (χ3n) is 2.61. The third-order valence-corrected chi connectivity index (χ3v) is 2.97. The van der Waals surface area contributed by atoms with Gasteiger partial charge in [0.15, 0.2) is 0 Å². The number of hydrogen-bond acceptors (Lipinski definition) is 3. The van der Waals surface area contributed by atoms with Gasteiger partial charge in [-0.05, 0) is 19.8 Å². The van der Waals surface area contributed by atoms with Gasteiger partial charge in [0, 0.05) is 25.0 Å². The minimum atomic E-state index is -0.477. The maximum atomic E-state index is 9.43. The third kappa shape index (κ3) is 3.43. The van der Waals surface area contributed by atoms with Crippen molar-refractivity contribution in [2.24, 2.45) is 0 Å². The van der Waals surface area contributed by atoms with Gasteiger partial charge in [0.25, 0.3) is 0 Å². The number of aliphatic hydroxyl groups excluding tert-OH is 2. The van der Waals surface area contributed by atoms with Gasteiger partial charge >= 0.3 is 0 Å². The average Bonchev–Trinajstić information content (AvgIpc) is 2.11. The number of hydrogen-bond donors (Lipinski definition) is 2. The van der Waals surface area contributed by atoms with E-state index in [1.807, 2.05) is 0 Å². The Morgan fingerprint density at radius 2 is 2.23 bits per heavy atom. The van der Waals surface area contributed by atoms with Crippen molar-refractivity contribution in [1.29, 1.82) is 0 Å². The number of alkyl halides is 1. The summed E-state index contributed by atoms with van der Waals surface area (Å²) in [5.41, 5.74) is 0. The van der Waals surface area contributed by atoms with E-state index in [1.54, 1.807) is 0 Å². The molecule has 1 aliphatic rings. The average molecular weight is 208 g/mol. The van der Waals surface area contributed by atoms with Crippen molar-refractivity contribution in [3.05, 3.63) is 0 Å². The molecule has 3 atom stereocenters. The second-order valence-electron chi connectivity index (χ2n) is 3.84. The maximum Gasteiger partial charge on any atom is 0.0802 e. The van der Waals surface area contributed by atoms with Crippen molar-refractivity contribution in [3.63, 3.8) is 0 Å². The normalized spacial score (nSPS) is 33.2. The van der Waals surface area contributed by atoms with E-state index in [1.165, 1.54) is 0 Å². The summed E-state index contributed by atoms with van der Waals surface area (Å²) < 4.78 is 0. The number of nitrogens with zero attached hydrogens (tertiary/aromatic N) is 1. The molecule has 0 amide bonds. The lowest BCUT2D eigenvalue weighted by Gasteiger charge is -2.36. The molecule has 0 spiro atoms. The van der Waals surface area contributed by atoms with Gasteiger partial charge in [-0.2, -0.15) is 0 Å². The summed E-state index contributed by atoms with van der Waals surface area (Å²) in [4.78, 5) is 2.10. The smallest absolute Gasteiger partial charge is 0.0802 e. The molecule has 1 aliphatic heterocycles. The molecule has 0 aliphatic carbocycles. The Balaban J connectivity index is 2.37. The largest absolute Gasteiger partial charge is 0.392 e. The van der Waals surface area contributed by atoms with Crippen LogP contribution in [-0.4, -0.2) is 52.3 Å². The fourth-order valence-corrected chi connectivity index (χ4v) is 1.83. The number of piperidine rings is 1. The first kappa shape index (κ1) is 11.2. The molecule has 1 saturated heterocycles. The second kappa shape index (κ2) is 5.15. The van der Waals surface area contributed by atoms with Crippen molar-refractivity contribution in [2.45, 2.75) is 38.0 Å². The van der Waals surface area contributed by atoms with E-state index >= 15 is 0 Å². The summed E-state index contributed by atoms with van der Waals surface area (Å²) in [6.45, 7) is 3.35. The van der Waals surface area contributed by atoms with Gasteiger partial charge in [-0.3, -0.25) is 4.90 Å². The molecule has 13 heavy (non-hydrogen) atoms. The monoisotopic (exact) mass is 207 g/mol. The van der Waals surface area contributed by atoms with E-state index in [-0.39, 0.29) is 12.0 Å². The minimum absolute atomic E-state index is 0.237. The van der Waals surface area contributed by atoms with Crippen LogP contribution < -0.4 is 0 Å². The summed E-state index contributed by atoms with van der Waals surface area (Å²) in [7, 11) is 0. The summed E-state index contributed by atoms with van der Waals surface area (Å²) in [6, 6.07) is 0.446. The Morgan fingerprint density at radius 1 is 1.54 bits per heavy atom. The van der Waals surface area contributed by atoms with Crippen molar-refractivity contribution in [3.8, 4) is 0 Å². The highest BCUT2D eigenvalue weighted by atomic mass is 35.5. The molecule has 1 fully saturated rings. The molecule has 4 heteroatoms. The fourth-order valence-electron chi connectivity index (χ4n) is 1.73. The molecule has 0 saturated carbocycles. The predicted molar refractivity (Wildman–Crippen MR) is 53.0 cm³/mol. The highest BCUT2D eigenvalue weighted by Gasteiger charge is 2.25.